The molecule has 2 aromatic rings. The second kappa shape index (κ2) is 5.57. The molecule has 0 spiro atoms. The maximum Gasteiger partial charge on any atom is 0.261 e. The lowest BCUT2D eigenvalue weighted by Gasteiger charge is -2.26. The third-order valence-electron chi connectivity index (χ3n) is 3.55. The van der Waals surface area contributed by atoms with E-state index >= 15 is 0 Å². The first-order valence-corrected chi connectivity index (χ1v) is 6.97. The van der Waals surface area contributed by atoms with Crippen molar-refractivity contribution in [2.75, 3.05) is 0 Å². The molecule has 0 aliphatic rings. The predicted molar refractivity (Wildman–Crippen MR) is 80.9 cm³/mol. The van der Waals surface area contributed by atoms with Crippen LogP contribution in [0.4, 0.5) is 0 Å². The fraction of sp³-hybridized carbons (Fsp3) is 0.438. The summed E-state index contributed by atoms with van der Waals surface area (Å²) in [4.78, 5) is 15.2. The van der Waals surface area contributed by atoms with E-state index in [9.17, 15) is 4.79 Å². The zero-order chi connectivity index (χ0) is 14.8. The molecule has 1 amide bonds. The Morgan fingerprint density at radius 2 is 2.15 bits per heavy atom. The molecular formula is C16H22N2O2. The van der Waals surface area contributed by atoms with Crippen molar-refractivity contribution in [3.63, 3.8) is 0 Å². The number of benzene rings is 1. The highest BCUT2D eigenvalue weighted by Crippen LogP contribution is 2.20. The SMILES string of the molecule is CCC(C)(C)NC(=O)C(C)Oc1ccc2[nH]ccc2c1. The number of aromatic nitrogens is 1. The zero-order valence-corrected chi connectivity index (χ0v) is 12.5. The first-order chi connectivity index (χ1) is 9.41. The van der Waals surface area contributed by atoms with Crippen LogP contribution in [0.25, 0.3) is 10.9 Å². The lowest BCUT2D eigenvalue weighted by molar-refractivity contribution is -0.128. The molecule has 0 aliphatic heterocycles. The molecule has 1 heterocycles. The highest BCUT2D eigenvalue weighted by Gasteiger charge is 2.22. The predicted octanol–water partition coefficient (Wildman–Crippen LogP) is 3.24. The highest BCUT2D eigenvalue weighted by atomic mass is 16.5. The van der Waals surface area contributed by atoms with Crippen LogP contribution in [0.15, 0.2) is 30.5 Å². The number of rotatable bonds is 5. The molecule has 20 heavy (non-hydrogen) atoms. The van der Waals surface area contributed by atoms with E-state index in [2.05, 4.69) is 10.3 Å². The number of hydrogen-bond donors (Lipinski definition) is 2. The maximum atomic E-state index is 12.1. The van der Waals surface area contributed by atoms with Crippen LogP contribution in [0.1, 0.15) is 34.1 Å². The molecule has 108 valence electrons. The van der Waals surface area contributed by atoms with Crippen LogP contribution in [0.5, 0.6) is 5.75 Å². The fourth-order valence-corrected chi connectivity index (χ4v) is 1.89. The molecule has 0 saturated carbocycles. The van der Waals surface area contributed by atoms with Crippen molar-refractivity contribution in [1.82, 2.24) is 10.3 Å². The second-order valence-electron chi connectivity index (χ2n) is 5.71. The molecule has 4 heteroatoms. The minimum atomic E-state index is -0.516. The number of fused-ring (bicyclic) bond motifs is 1. The van der Waals surface area contributed by atoms with Gasteiger partial charge in [-0.25, -0.2) is 0 Å². The molecule has 1 aromatic heterocycles. The van der Waals surface area contributed by atoms with Crippen LogP contribution in [0, 0.1) is 0 Å². The third kappa shape index (κ3) is 3.32. The van der Waals surface area contributed by atoms with E-state index in [1.165, 1.54) is 0 Å². The zero-order valence-electron chi connectivity index (χ0n) is 12.5. The molecule has 0 fully saturated rings. The Morgan fingerprint density at radius 3 is 2.85 bits per heavy atom. The second-order valence-corrected chi connectivity index (χ2v) is 5.71. The van der Waals surface area contributed by atoms with Gasteiger partial charge in [-0.3, -0.25) is 4.79 Å². The van der Waals surface area contributed by atoms with Gasteiger partial charge in [-0.15, -0.1) is 0 Å². The van der Waals surface area contributed by atoms with E-state index in [0.29, 0.717) is 5.75 Å². The summed E-state index contributed by atoms with van der Waals surface area (Å²) in [7, 11) is 0. The normalized spacial score (nSPS) is 13.2. The largest absolute Gasteiger partial charge is 0.481 e. The summed E-state index contributed by atoms with van der Waals surface area (Å²) in [6.07, 6.45) is 2.24. The van der Waals surface area contributed by atoms with E-state index in [1.54, 1.807) is 6.92 Å². The average molecular weight is 274 g/mol. The van der Waals surface area contributed by atoms with Crippen molar-refractivity contribution in [3.8, 4) is 5.75 Å². The number of aromatic amines is 1. The van der Waals surface area contributed by atoms with Gasteiger partial charge in [0, 0.05) is 22.6 Å². The van der Waals surface area contributed by atoms with Crippen LogP contribution in [-0.4, -0.2) is 22.5 Å². The molecule has 2 rings (SSSR count). The molecule has 0 bridgehead atoms. The number of ether oxygens (including phenoxy) is 1. The van der Waals surface area contributed by atoms with Gasteiger partial charge < -0.3 is 15.0 Å². The standard InChI is InChI=1S/C16H22N2O2/c1-5-16(3,4)18-15(19)11(2)20-13-6-7-14-12(10-13)8-9-17-14/h6-11,17H,5H2,1-4H3,(H,18,19). The quantitative estimate of drug-likeness (QED) is 0.879. The van der Waals surface area contributed by atoms with Crippen molar-refractivity contribution in [1.29, 1.82) is 0 Å². The van der Waals surface area contributed by atoms with Crippen LogP contribution >= 0.6 is 0 Å². The van der Waals surface area contributed by atoms with Crippen molar-refractivity contribution in [2.24, 2.45) is 0 Å². The van der Waals surface area contributed by atoms with Crippen molar-refractivity contribution in [3.05, 3.63) is 30.5 Å². The van der Waals surface area contributed by atoms with Gasteiger partial charge >= 0.3 is 0 Å². The van der Waals surface area contributed by atoms with Crippen molar-refractivity contribution >= 4 is 16.8 Å². The van der Waals surface area contributed by atoms with Gasteiger partial charge in [0.05, 0.1) is 0 Å². The first-order valence-electron chi connectivity index (χ1n) is 6.97. The van der Waals surface area contributed by atoms with Gasteiger partial charge in [-0.05, 0) is 51.5 Å². The number of carbonyl (C=O) groups excluding carboxylic acids is 1. The Morgan fingerprint density at radius 1 is 1.40 bits per heavy atom. The van der Waals surface area contributed by atoms with Gasteiger partial charge in [0.15, 0.2) is 6.10 Å². The third-order valence-corrected chi connectivity index (χ3v) is 3.55. The smallest absolute Gasteiger partial charge is 0.261 e. The van der Waals surface area contributed by atoms with E-state index in [1.807, 2.05) is 51.2 Å². The summed E-state index contributed by atoms with van der Waals surface area (Å²) in [5.74, 6) is 0.611. The van der Waals surface area contributed by atoms with Crippen LogP contribution in [0.3, 0.4) is 0 Å². The van der Waals surface area contributed by atoms with Gasteiger partial charge in [-0.2, -0.15) is 0 Å². The molecule has 1 unspecified atom stereocenters. The number of H-pyrrole nitrogens is 1. The Hall–Kier alpha value is -1.97. The molecule has 1 aromatic carbocycles. The Kier molecular flexibility index (Phi) is 4.02. The number of amides is 1. The Bertz CT molecular complexity index is 601. The van der Waals surface area contributed by atoms with Crippen molar-refractivity contribution in [2.45, 2.75) is 45.8 Å². The molecule has 0 aliphatic carbocycles. The number of carbonyl (C=O) groups is 1. The summed E-state index contributed by atoms with van der Waals surface area (Å²) in [5, 5.41) is 4.06. The monoisotopic (exact) mass is 274 g/mol. The molecular weight excluding hydrogens is 252 g/mol. The lowest BCUT2D eigenvalue weighted by atomic mass is 10.0. The highest BCUT2D eigenvalue weighted by molar-refractivity contribution is 5.82. The minimum Gasteiger partial charge on any atom is -0.481 e. The summed E-state index contributed by atoms with van der Waals surface area (Å²) in [6, 6.07) is 7.73. The van der Waals surface area contributed by atoms with Gasteiger partial charge in [0.2, 0.25) is 0 Å². The van der Waals surface area contributed by atoms with Gasteiger partial charge in [-0.1, -0.05) is 6.92 Å². The summed E-state index contributed by atoms with van der Waals surface area (Å²) < 4.78 is 5.72. The average Bonchev–Trinajstić information content (AvgIpc) is 2.85. The summed E-state index contributed by atoms with van der Waals surface area (Å²) in [5.41, 5.74) is 0.848. The number of nitrogens with one attached hydrogen (secondary N) is 2. The molecule has 0 radical (unpaired) electrons. The van der Waals surface area contributed by atoms with Crippen LogP contribution in [-0.2, 0) is 4.79 Å². The minimum absolute atomic E-state index is 0.0917. The van der Waals surface area contributed by atoms with Crippen LogP contribution in [0.2, 0.25) is 0 Å². The van der Waals surface area contributed by atoms with Gasteiger partial charge in [0.1, 0.15) is 5.75 Å². The molecule has 4 nitrogen and oxygen atoms in total. The van der Waals surface area contributed by atoms with E-state index in [0.717, 1.165) is 17.3 Å². The topological polar surface area (TPSA) is 54.1 Å². The first kappa shape index (κ1) is 14.4. The lowest BCUT2D eigenvalue weighted by Crippen LogP contribution is -2.48. The fourth-order valence-electron chi connectivity index (χ4n) is 1.89. The molecule has 0 saturated heterocycles. The van der Waals surface area contributed by atoms with Crippen molar-refractivity contribution < 1.29 is 9.53 Å². The van der Waals surface area contributed by atoms with Crippen LogP contribution < -0.4 is 10.1 Å². The molecule has 1 atom stereocenters. The summed E-state index contributed by atoms with van der Waals surface area (Å²) >= 11 is 0. The summed E-state index contributed by atoms with van der Waals surface area (Å²) in [6.45, 7) is 7.82. The maximum absolute atomic E-state index is 12.1. The number of hydrogen-bond acceptors (Lipinski definition) is 2. The van der Waals surface area contributed by atoms with E-state index < -0.39 is 6.10 Å². The van der Waals surface area contributed by atoms with E-state index in [4.69, 9.17) is 4.74 Å². The molecule has 2 N–H and O–H groups in total. The van der Waals surface area contributed by atoms with Gasteiger partial charge in [0.25, 0.3) is 5.91 Å². The Balaban J connectivity index is 2.03. The van der Waals surface area contributed by atoms with E-state index in [-0.39, 0.29) is 11.4 Å². The Labute approximate surface area is 119 Å².